The minimum absolute atomic E-state index is 0.174. The maximum atomic E-state index is 13.1. The standard InChI is InChI=1S/C22H28N4O3/c1-14-10-11-18(29-2)16(13-14)24-21(27)19-17-9-5-6-12-26(17)20(25-19)22(28)23-15-7-3-4-8-15/h10-11,13,15H,3-9,12H2,1-2H3,(H,23,28)(H,24,27). The Balaban J connectivity index is 1.61. The lowest BCUT2D eigenvalue weighted by atomic mass is 10.1. The number of imidazole rings is 1. The fraction of sp³-hybridized carbons (Fsp3) is 0.500. The van der Waals surface area contributed by atoms with Crippen molar-refractivity contribution in [1.29, 1.82) is 0 Å². The van der Waals surface area contributed by atoms with Gasteiger partial charge in [-0.3, -0.25) is 9.59 Å². The molecule has 1 aliphatic heterocycles. The maximum Gasteiger partial charge on any atom is 0.287 e. The SMILES string of the molecule is COc1ccc(C)cc1NC(=O)c1nc(C(=O)NC2CCCC2)n2c1CCCC2. The molecule has 0 unspecified atom stereocenters. The molecular weight excluding hydrogens is 368 g/mol. The molecule has 7 heteroatoms. The predicted octanol–water partition coefficient (Wildman–Crippen LogP) is 3.46. The number of anilines is 1. The summed E-state index contributed by atoms with van der Waals surface area (Å²) in [5.41, 5.74) is 2.80. The quantitative estimate of drug-likeness (QED) is 0.810. The third-order valence-corrected chi connectivity index (χ3v) is 5.83. The number of amides is 2. The molecule has 2 amide bonds. The Morgan fingerprint density at radius 2 is 1.93 bits per heavy atom. The molecule has 1 saturated carbocycles. The third-order valence-electron chi connectivity index (χ3n) is 5.83. The van der Waals surface area contributed by atoms with Gasteiger partial charge in [0.1, 0.15) is 5.75 Å². The predicted molar refractivity (Wildman–Crippen MR) is 111 cm³/mol. The Bertz CT molecular complexity index is 928. The van der Waals surface area contributed by atoms with E-state index in [4.69, 9.17) is 4.74 Å². The second-order valence-electron chi connectivity index (χ2n) is 7.95. The summed E-state index contributed by atoms with van der Waals surface area (Å²) < 4.78 is 7.29. The van der Waals surface area contributed by atoms with E-state index in [1.165, 1.54) is 0 Å². The maximum absolute atomic E-state index is 13.1. The van der Waals surface area contributed by atoms with Gasteiger partial charge in [0.2, 0.25) is 0 Å². The molecule has 2 aromatic rings. The molecule has 0 atom stereocenters. The molecule has 2 aliphatic rings. The van der Waals surface area contributed by atoms with Crippen molar-refractivity contribution in [2.45, 2.75) is 64.5 Å². The zero-order valence-corrected chi connectivity index (χ0v) is 17.1. The molecule has 0 bridgehead atoms. The number of aryl methyl sites for hydroxylation is 1. The van der Waals surface area contributed by atoms with Crippen LogP contribution in [0.2, 0.25) is 0 Å². The van der Waals surface area contributed by atoms with Crippen molar-refractivity contribution in [3.8, 4) is 5.75 Å². The summed E-state index contributed by atoms with van der Waals surface area (Å²) in [6.45, 7) is 2.68. The fourth-order valence-corrected chi connectivity index (χ4v) is 4.32. The van der Waals surface area contributed by atoms with E-state index in [1.54, 1.807) is 7.11 Å². The first-order valence-electron chi connectivity index (χ1n) is 10.4. The third kappa shape index (κ3) is 3.99. The number of methoxy groups -OCH3 is 1. The highest BCUT2D eigenvalue weighted by molar-refractivity contribution is 6.05. The molecule has 1 aromatic heterocycles. The van der Waals surface area contributed by atoms with Gasteiger partial charge < -0.3 is 19.9 Å². The number of hydrogen-bond donors (Lipinski definition) is 2. The Labute approximate surface area is 170 Å². The van der Waals surface area contributed by atoms with E-state index in [0.717, 1.165) is 62.7 Å². The van der Waals surface area contributed by atoms with Crippen LogP contribution in [0.15, 0.2) is 18.2 Å². The number of aromatic nitrogens is 2. The van der Waals surface area contributed by atoms with Crippen LogP contribution in [-0.4, -0.2) is 34.5 Å². The first-order valence-corrected chi connectivity index (χ1v) is 10.4. The number of hydrogen-bond acceptors (Lipinski definition) is 4. The van der Waals surface area contributed by atoms with Gasteiger partial charge in [0, 0.05) is 12.6 Å². The lowest BCUT2D eigenvalue weighted by Crippen LogP contribution is -2.35. The average Bonchev–Trinajstić information content (AvgIpc) is 3.36. The van der Waals surface area contributed by atoms with Crippen LogP contribution in [0.4, 0.5) is 5.69 Å². The zero-order chi connectivity index (χ0) is 20.4. The van der Waals surface area contributed by atoms with Gasteiger partial charge in [-0.1, -0.05) is 18.9 Å². The molecule has 7 nitrogen and oxygen atoms in total. The largest absolute Gasteiger partial charge is 0.495 e. The van der Waals surface area contributed by atoms with E-state index < -0.39 is 0 Å². The molecule has 0 radical (unpaired) electrons. The second kappa shape index (κ2) is 8.27. The van der Waals surface area contributed by atoms with E-state index in [9.17, 15) is 9.59 Å². The van der Waals surface area contributed by atoms with Crippen LogP contribution < -0.4 is 15.4 Å². The number of carbonyl (C=O) groups excluding carboxylic acids is 2. The van der Waals surface area contributed by atoms with Crippen LogP contribution >= 0.6 is 0 Å². The number of nitrogens with one attached hydrogen (secondary N) is 2. The van der Waals surface area contributed by atoms with Gasteiger partial charge in [-0.25, -0.2) is 4.98 Å². The normalized spacial score (nSPS) is 16.3. The van der Waals surface area contributed by atoms with Crippen LogP contribution in [0.25, 0.3) is 0 Å². The summed E-state index contributed by atoms with van der Waals surface area (Å²) >= 11 is 0. The fourth-order valence-electron chi connectivity index (χ4n) is 4.32. The first-order chi connectivity index (χ1) is 14.1. The van der Waals surface area contributed by atoms with Crippen LogP contribution in [0, 0.1) is 6.92 Å². The van der Waals surface area contributed by atoms with Crippen molar-refractivity contribution in [2.75, 3.05) is 12.4 Å². The Hall–Kier alpha value is -2.83. The number of benzene rings is 1. The second-order valence-corrected chi connectivity index (χ2v) is 7.95. The molecule has 1 aliphatic carbocycles. The van der Waals surface area contributed by atoms with Crippen molar-refractivity contribution in [1.82, 2.24) is 14.9 Å². The molecule has 2 N–H and O–H groups in total. The number of fused-ring (bicyclic) bond motifs is 1. The summed E-state index contributed by atoms with van der Waals surface area (Å²) in [4.78, 5) is 30.4. The highest BCUT2D eigenvalue weighted by Crippen LogP contribution is 2.27. The highest BCUT2D eigenvalue weighted by atomic mass is 16.5. The van der Waals surface area contributed by atoms with E-state index in [0.29, 0.717) is 23.0 Å². The first kappa shape index (κ1) is 19.5. The van der Waals surface area contributed by atoms with Crippen molar-refractivity contribution in [3.63, 3.8) is 0 Å². The van der Waals surface area contributed by atoms with E-state index >= 15 is 0 Å². The lowest BCUT2D eigenvalue weighted by molar-refractivity contribution is 0.0921. The molecule has 0 saturated heterocycles. The highest BCUT2D eigenvalue weighted by Gasteiger charge is 2.29. The van der Waals surface area contributed by atoms with Gasteiger partial charge in [-0.05, 0) is 56.7 Å². The van der Waals surface area contributed by atoms with Crippen LogP contribution in [0.3, 0.4) is 0 Å². The summed E-state index contributed by atoms with van der Waals surface area (Å²) in [6, 6.07) is 5.84. The van der Waals surface area contributed by atoms with E-state index in [-0.39, 0.29) is 17.9 Å². The minimum Gasteiger partial charge on any atom is -0.495 e. The zero-order valence-electron chi connectivity index (χ0n) is 17.1. The summed E-state index contributed by atoms with van der Waals surface area (Å²) in [5, 5.41) is 6.02. The topological polar surface area (TPSA) is 85.2 Å². The molecule has 1 aromatic carbocycles. The molecule has 1 fully saturated rings. The van der Waals surface area contributed by atoms with Crippen molar-refractivity contribution in [3.05, 3.63) is 41.0 Å². The van der Waals surface area contributed by atoms with Gasteiger partial charge in [0.15, 0.2) is 11.5 Å². The van der Waals surface area contributed by atoms with Crippen molar-refractivity contribution < 1.29 is 14.3 Å². The molecule has 154 valence electrons. The van der Waals surface area contributed by atoms with Gasteiger partial charge in [0.05, 0.1) is 18.5 Å². The molecule has 0 spiro atoms. The van der Waals surface area contributed by atoms with Crippen LogP contribution in [-0.2, 0) is 13.0 Å². The molecule has 2 heterocycles. The summed E-state index contributed by atoms with van der Waals surface area (Å²) in [5.74, 6) is 0.468. The van der Waals surface area contributed by atoms with E-state index in [2.05, 4.69) is 15.6 Å². The number of nitrogens with zero attached hydrogens (tertiary/aromatic N) is 2. The Kier molecular flexibility index (Phi) is 5.56. The summed E-state index contributed by atoms with van der Waals surface area (Å²) in [6.07, 6.45) is 7.05. The minimum atomic E-state index is -0.306. The van der Waals surface area contributed by atoms with Crippen molar-refractivity contribution >= 4 is 17.5 Å². The Morgan fingerprint density at radius 3 is 2.69 bits per heavy atom. The number of carbonyl (C=O) groups is 2. The van der Waals surface area contributed by atoms with Gasteiger partial charge in [0.25, 0.3) is 11.8 Å². The van der Waals surface area contributed by atoms with Crippen LogP contribution in [0.5, 0.6) is 5.75 Å². The van der Waals surface area contributed by atoms with Gasteiger partial charge >= 0.3 is 0 Å². The lowest BCUT2D eigenvalue weighted by Gasteiger charge is -2.18. The Morgan fingerprint density at radius 1 is 1.14 bits per heavy atom. The molecule has 29 heavy (non-hydrogen) atoms. The molecule has 4 rings (SSSR count). The monoisotopic (exact) mass is 396 g/mol. The summed E-state index contributed by atoms with van der Waals surface area (Å²) in [7, 11) is 1.57. The van der Waals surface area contributed by atoms with Crippen molar-refractivity contribution in [2.24, 2.45) is 0 Å². The smallest absolute Gasteiger partial charge is 0.287 e. The molecular formula is C22H28N4O3. The number of rotatable bonds is 5. The number of ether oxygens (including phenoxy) is 1. The average molecular weight is 396 g/mol. The van der Waals surface area contributed by atoms with E-state index in [1.807, 2.05) is 29.7 Å². The van der Waals surface area contributed by atoms with Crippen LogP contribution in [0.1, 0.15) is 70.9 Å². The van der Waals surface area contributed by atoms with Gasteiger partial charge in [-0.15, -0.1) is 0 Å². The van der Waals surface area contributed by atoms with Gasteiger partial charge in [-0.2, -0.15) is 0 Å².